The molecule has 0 aliphatic heterocycles. The number of fused-ring (bicyclic) bond motifs is 1. The van der Waals surface area contributed by atoms with Crippen molar-refractivity contribution in [1.29, 1.82) is 0 Å². The Morgan fingerprint density at radius 3 is 2.95 bits per heavy atom. The lowest BCUT2D eigenvalue weighted by Crippen LogP contribution is -2.01. The Hall–Kier alpha value is -1.53. The molecule has 9 heteroatoms. The van der Waals surface area contributed by atoms with E-state index in [4.69, 9.17) is 27.1 Å². The number of hydrogen-bond acceptors (Lipinski definition) is 6. The Labute approximate surface area is 121 Å². The molecule has 0 unspecified atom stereocenters. The molecule has 2 aromatic rings. The standard InChI is InChI=1S/C11H13ClN5O2P/c1-7(3-5-20(18)19)2-4-17-6-14-8-9(12)15-11(13)16-10(8)17/h3,5-6,18-19H,1-2,4H2,(H2,13,15,16)/b5-3+. The molecule has 0 amide bonds. The minimum Gasteiger partial charge on any atom is -0.368 e. The Morgan fingerprint density at radius 2 is 2.25 bits per heavy atom. The van der Waals surface area contributed by atoms with Crippen LogP contribution >= 0.6 is 20.0 Å². The summed E-state index contributed by atoms with van der Waals surface area (Å²) in [6.07, 6.45) is 3.79. The fourth-order valence-corrected chi connectivity index (χ4v) is 2.17. The van der Waals surface area contributed by atoms with Crippen molar-refractivity contribution >= 4 is 37.1 Å². The predicted molar refractivity (Wildman–Crippen MR) is 79.0 cm³/mol. The number of hydrogen-bond donors (Lipinski definition) is 3. The van der Waals surface area contributed by atoms with Gasteiger partial charge in [0.1, 0.15) is 5.52 Å². The van der Waals surface area contributed by atoms with E-state index in [1.54, 1.807) is 17.0 Å². The van der Waals surface area contributed by atoms with E-state index in [1.165, 1.54) is 5.82 Å². The molecule has 106 valence electrons. The third-order valence-electron chi connectivity index (χ3n) is 2.56. The first-order valence-electron chi connectivity index (χ1n) is 5.64. The smallest absolute Gasteiger partial charge is 0.223 e. The number of anilines is 1. The zero-order valence-corrected chi connectivity index (χ0v) is 12.1. The van der Waals surface area contributed by atoms with Crippen LogP contribution in [0.1, 0.15) is 6.42 Å². The number of nitrogens with zero attached hydrogens (tertiary/aromatic N) is 4. The second-order valence-electron chi connectivity index (χ2n) is 4.03. The number of nitrogen functional groups attached to an aromatic ring is 1. The number of aryl methyl sites for hydroxylation is 1. The van der Waals surface area contributed by atoms with Gasteiger partial charge >= 0.3 is 0 Å². The fraction of sp³-hybridized carbons (Fsp3) is 0.182. The maximum absolute atomic E-state index is 8.79. The number of allylic oxidation sites excluding steroid dienone is 2. The van der Waals surface area contributed by atoms with Crippen LogP contribution < -0.4 is 5.73 Å². The first-order chi connectivity index (χ1) is 9.47. The molecule has 0 radical (unpaired) electrons. The van der Waals surface area contributed by atoms with E-state index < -0.39 is 8.38 Å². The molecule has 7 nitrogen and oxygen atoms in total. The summed E-state index contributed by atoms with van der Waals surface area (Å²) in [6, 6.07) is 0. The number of rotatable bonds is 5. The predicted octanol–water partition coefficient (Wildman–Crippen LogP) is 1.82. The zero-order valence-electron chi connectivity index (χ0n) is 10.4. The highest BCUT2D eigenvalue weighted by atomic mass is 35.5. The van der Waals surface area contributed by atoms with Gasteiger partial charge in [0.2, 0.25) is 5.95 Å². The van der Waals surface area contributed by atoms with Crippen molar-refractivity contribution in [2.45, 2.75) is 13.0 Å². The maximum atomic E-state index is 8.79. The molecule has 0 aliphatic carbocycles. The molecule has 0 saturated heterocycles. The molecule has 0 bridgehead atoms. The third-order valence-corrected chi connectivity index (χ3v) is 3.24. The summed E-state index contributed by atoms with van der Waals surface area (Å²) in [4.78, 5) is 29.7. The quantitative estimate of drug-likeness (QED) is 0.441. The van der Waals surface area contributed by atoms with Crippen LogP contribution in [0, 0.1) is 0 Å². The summed E-state index contributed by atoms with van der Waals surface area (Å²) in [5.74, 6) is 1.40. The molecule has 0 atom stereocenters. The molecule has 4 N–H and O–H groups in total. The van der Waals surface area contributed by atoms with E-state index in [0.29, 0.717) is 24.1 Å². The van der Waals surface area contributed by atoms with Crippen LogP contribution in [0.15, 0.2) is 30.4 Å². The largest absolute Gasteiger partial charge is 0.368 e. The minimum atomic E-state index is -2.04. The van der Waals surface area contributed by atoms with Gasteiger partial charge in [-0.3, -0.25) is 0 Å². The number of halogens is 1. The van der Waals surface area contributed by atoms with Gasteiger partial charge in [0.05, 0.1) is 6.33 Å². The van der Waals surface area contributed by atoms with E-state index in [9.17, 15) is 0 Å². The van der Waals surface area contributed by atoms with Crippen molar-refractivity contribution in [3.63, 3.8) is 0 Å². The lowest BCUT2D eigenvalue weighted by Gasteiger charge is -2.04. The molecule has 2 heterocycles. The molecular weight excluding hydrogens is 301 g/mol. The topological polar surface area (TPSA) is 110 Å². The maximum Gasteiger partial charge on any atom is 0.223 e. The van der Waals surface area contributed by atoms with E-state index in [1.807, 2.05) is 0 Å². The zero-order chi connectivity index (χ0) is 14.7. The first kappa shape index (κ1) is 14.9. The monoisotopic (exact) mass is 313 g/mol. The average molecular weight is 314 g/mol. The Balaban J connectivity index is 2.13. The van der Waals surface area contributed by atoms with E-state index in [2.05, 4.69) is 21.5 Å². The second kappa shape index (κ2) is 6.28. The molecule has 0 aliphatic rings. The van der Waals surface area contributed by atoms with Crippen molar-refractivity contribution in [1.82, 2.24) is 19.5 Å². The summed E-state index contributed by atoms with van der Waals surface area (Å²) in [5.41, 5.74) is 7.38. The van der Waals surface area contributed by atoms with Gasteiger partial charge in [0.15, 0.2) is 19.2 Å². The van der Waals surface area contributed by atoms with Gasteiger partial charge < -0.3 is 20.1 Å². The summed E-state index contributed by atoms with van der Waals surface area (Å²) in [6.45, 7) is 4.40. The van der Waals surface area contributed by atoms with Crippen LogP contribution in [0.25, 0.3) is 11.2 Å². The van der Waals surface area contributed by atoms with Crippen molar-refractivity contribution in [3.8, 4) is 0 Å². The molecule has 0 saturated carbocycles. The van der Waals surface area contributed by atoms with E-state index in [0.717, 1.165) is 5.57 Å². The molecule has 0 aromatic carbocycles. The number of aromatic nitrogens is 4. The second-order valence-corrected chi connectivity index (χ2v) is 5.32. The highest BCUT2D eigenvalue weighted by molar-refractivity contribution is 7.48. The van der Waals surface area contributed by atoms with Gasteiger partial charge in [-0.05, 0) is 12.2 Å². The normalized spacial score (nSPS) is 11.8. The van der Waals surface area contributed by atoms with Crippen LogP contribution in [0.4, 0.5) is 5.95 Å². The molecule has 2 rings (SSSR count). The number of imidazole rings is 1. The molecule has 0 fully saturated rings. The molecule has 0 spiro atoms. The minimum absolute atomic E-state index is 0.0918. The van der Waals surface area contributed by atoms with Crippen molar-refractivity contribution in [3.05, 3.63) is 35.5 Å². The van der Waals surface area contributed by atoms with Crippen LogP contribution in [0.2, 0.25) is 5.15 Å². The van der Waals surface area contributed by atoms with Gasteiger partial charge in [0.25, 0.3) is 0 Å². The lowest BCUT2D eigenvalue weighted by atomic mass is 10.2. The molecular formula is C11H13ClN5O2P. The Bertz CT molecular complexity index is 670. The van der Waals surface area contributed by atoms with Gasteiger partial charge in [-0.2, -0.15) is 9.97 Å². The van der Waals surface area contributed by atoms with Crippen LogP contribution in [0.3, 0.4) is 0 Å². The fourth-order valence-electron chi connectivity index (χ4n) is 1.61. The average Bonchev–Trinajstić information content (AvgIpc) is 2.77. The lowest BCUT2D eigenvalue weighted by molar-refractivity contribution is 0.495. The van der Waals surface area contributed by atoms with Crippen molar-refractivity contribution < 1.29 is 9.79 Å². The SMILES string of the molecule is C=C(/C=C/P(O)O)CCn1cnc2c(Cl)nc(N)nc21. The van der Waals surface area contributed by atoms with Gasteiger partial charge in [-0.1, -0.05) is 29.8 Å². The first-order valence-corrected chi connectivity index (χ1v) is 7.33. The van der Waals surface area contributed by atoms with Crippen molar-refractivity contribution in [2.24, 2.45) is 0 Å². The number of nitrogens with two attached hydrogens (primary N) is 1. The summed E-state index contributed by atoms with van der Waals surface area (Å²) < 4.78 is 1.79. The van der Waals surface area contributed by atoms with Crippen LogP contribution in [0.5, 0.6) is 0 Å². The van der Waals surface area contributed by atoms with E-state index >= 15 is 0 Å². The molecule has 20 heavy (non-hydrogen) atoms. The van der Waals surface area contributed by atoms with Gasteiger partial charge in [-0.15, -0.1) is 0 Å². The highest BCUT2D eigenvalue weighted by Crippen LogP contribution is 2.25. The van der Waals surface area contributed by atoms with Gasteiger partial charge in [0, 0.05) is 6.54 Å². The highest BCUT2D eigenvalue weighted by Gasteiger charge is 2.10. The third kappa shape index (κ3) is 3.52. The summed E-state index contributed by atoms with van der Waals surface area (Å²) in [5, 5.41) is 0.219. The van der Waals surface area contributed by atoms with Gasteiger partial charge in [-0.25, -0.2) is 4.98 Å². The molecule has 2 aromatic heterocycles. The van der Waals surface area contributed by atoms with E-state index in [-0.39, 0.29) is 11.1 Å². The Morgan fingerprint density at radius 1 is 1.50 bits per heavy atom. The van der Waals surface area contributed by atoms with Crippen molar-refractivity contribution in [2.75, 3.05) is 5.73 Å². The van der Waals surface area contributed by atoms with Crippen LogP contribution in [-0.2, 0) is 6.54 Å². The van der Waals surface area contributed by atoms with Crippen LogP contribution in [-0.4, -0.2) is 29.3 Å². The Kier molecular flexibility index (Phi) is 4.67. The summed E-state index contributed by atoms with van der Waals surface area (Å²) in [7, 11) is -2.04. The summed E-state index contributed by atoms with van der Waals surface area (Å²) >= 11 is 5.93.